The molecule has 4 rings (SSSR count). The molecule has 1 aliphatic carbocycles. The van der Waals surface area contributed by atoms with Gasteiger partial charge in [-0.25, -0.2) is 0 Å². The Morgan fingerprint density at radius 2 is 1.68 bits per heavy atom. The lowest BCUT2D eigenvalue weighted by atomic mass is 9.76. The average molecular weight is 380 g/mol. The molecule has 28 heavy (non-hydrogen) atoms. The van der Waals surface area contributed by atoms with Crippen LogP contribution >= 0.6 is 0 Å². The summed E-state index contributed by atoms with van der Waals surface area (Å²) in [5.74, 6) is -0.411. The number of amides is 1. The lowest BCUT2D eigenvalue weighted by Gasteiger charge is -2.33. The molecule has 2 aromatic carbocycles. The van der Waals surface area contributed by atoms with Gasteiger partial charge < -0.3 is 15.6 Å². The van der Waals surface area contributed by atoms with Gasteiger partial charge in [0.2, 0.25) is 0 Å². The molecule has 1 saturated carbocycles. The van der Waals surface area contributed by atoms with Crippen molar-refractivity contribution in [1.29, 1.82) is 0 Å². The monoisotopic (exact) mass is 379 g/mol. The number of primary amides is 1. The summed E-state index contributed by atoms with van der Waals surface area (Å²) in [6.07, 6.45) is 7.71. The van der Waals surface area contributed by atoms with E-state index in [4.69, 9.17) is 10.5 Å². The van der Waals surface area contributed by atoms with Gasteiger partial charge in [0.05, 0.1) is 6.10 Å². The van der Waals surface area contributed by atoms with Gasteiger partial charge in [0.15, 0.2) is 5.60 Å². The minimum absolute atomic E-state index is 0.0252. The number of aliphatic hydroxyl groups is 1. The van der Waals surface area contributed by atoms with Crippen LogP contribution in [0.2, 0.25) is 0 Å². The minimum Gasteiger partial charge on any atom is -0.374 e. The van der Waals surface area contributed by atoms with Crippen molar-refractivity contribution < 1.29 is 14.6 Å². The molecule has 4 heteroatoms. The highest BCUT2D eigenvalue weighted by Crippen LogP contribution is 2.45. The number of nitrogens with two attached hydrogens (primary N) is 1. The molecule has 2 unspecified atom stereocenters. The number of carbonyl (C=O) groups excluding carboxylic acids is 1. The Bertz CT molecular complexity index is 823. The Morgan fingerprint density at radius 1 is 0.964 bits per heavy atom. The first-order valence-corrected chi connectivity index (χ1v) is 10.4. The Balaban J connectivity index is 1.91. The van der Waals surface area contributed by atoms with Gasteiger partial charge in [-0.1, -0.05) is 61.4 Å². The molecule has 1 heterocycles. The first-order valence-electron chi connectivity index (χ1n) is 10.4. The second-order valence-electron chi connectivity index (χ2n) is 8.09. The van der Waals surface area contributed by atoms with Gasteiger partial charge in [-0.2, -0.15) is 0 Å². The van der Waals surface area contributed by atoms with Gasteiger partial charge in [0.1, 0.15) is 0 Å². The predicted molar refractivity (Wildman–Crippen MR) is 109 cm³/mol. The fraction of sp³-hybridized carbons (Fsp3) is 0.458. The normalized spacial score (nSPS) is 22.7. The van der Waals surface area contributed by atoms with Crippen molar-refractivity contribution in [3.8, 4) is 0 Å². The molecule has 0 bridgehead atoms. The maximum atomic E-state index is 12.6. The molecule has 1 amide bonds. The second-order valence-corrected chi connectivity index (χ2v) is 8.09. The quantitative estimate of drug-likeness (QED) is 0.813. The highest BCUT2D eigenvalue weighted by molar-refractivity contribution is 5.89. The molecule has 3 N–H and O–H groups in total. The van der Waals surface area contributed by atoms with Gasteiger partial charge in [0.25, 0.3) is 5.91 Å². The van der Waals surface area contributed by atoms with Gasteiger partial charge in [-0.3, -0.25) is 4.79 Å². The van der Waals surface area contributed by atoms with Crippen LogP contribution in [-0.2, 0) is 15.1 Å². The van der Waals surface area contributed by atoms with Crippen molar-refractivity contribution >= 4 is 5.91 Å². The van der Waals surface area contributed by atoms with E-state index in [1.54, 1.807) is 12.1 Å². The Labute approximate surface area is 166 Å². The zero-order chi connectivity index (χ0) is 19.6. The van der Waals surface area contributed by atoms with Crippen molar-refractivity contribution in [1.82, 2.24) is 0 Å². The second kappa shape index (κ2) is 8.06. The Morgan fingerprint density at radius 3 is 2.32 bits per heavy atom. The van der Waals surface area contributed by atoms with Crippen LogP contribution in [0.5, 0.6) is 0 Å². The largest absolute Gasteiger partial charge is 0.374 e. The van der Waals surface area contributed by atoms with E-state index >= 15 is 0 Å². The summed E-state index contributed by atoms with van der Waals surface area (Å²) >= 11 is 0. The first-order chi connectivity index (χ1) is 13.6. The molecule has 4 nitrogen and oxygen atoms in total. The van der Waals surface area contributed by atoms with E-state index in [9.17, 15) is 9.90 Å². The zero-order valence-corrected chi connectivity index (χ0v) is 16.3. The molecular weight excluding hydrogens is 350 g/mol. The number of rotatable bonds is 5. The van der Waals surface area contributed by atoms with Crippen LogP contribution in [0.1, 0.15) is 79.2 Å². The van der Waals surface area contributed by atoms with Crippen LogP contribution in [0.4, 0.5) is 0 Å². The highest BCUT2D eigenvalue weighted by Gasteiger charge is 2.42. The Kier molecular flexibility index (Phi) is 5.51. The number of carbonyl (C=O) groups is 1. The lowest BCUT2D eigenvalue weighted by molar-refractivity contribution is -0.133. The molecule has 0 aromatic heterocycles. The van der Waals surface area contributed by atoms with Gasteiger partial charge in [0, 0.05) is 12.2 Å². The fourth-order valence-electron chi connectivity index (χ4n) is 4.95. The molecule has 2 aliphatic rings. The fourth-order valence-corrected chi connectivity index (χ4v) is 4.95. The molecule has 148 valence electrons. The summed E-state index contributed by atoms with van der Waals surface area (Å²) in [5.41, 5.74) is 7.32. The maximum Gasteiger partial charge on any atom is 0.258 e. The van der Waals surface area contributed by atoms with Crippen LogP contribution in [0.15, 0.2) is 48.5 Å². The maximum absolute atomic E-state index is 12.6. The standard InChI is InChI=1S/C24H29NO3/c25-23(26)24(27,18-11-2-1-3-12-18)20-14-8-13-19(21-15-6-7-16-28-21)22(20)17-9-4-5-10-17/h1-3,8,11-14,17,21,27H,4-7,9-10,15-16H2,(H2,25,26). The summed E-state index contributed by atoms with van der Waals surface area (Å²) in [4.78, 5) is 12.6. The van der Waals surface area contributed by atoms with E-state index < -0.39 is 11.5 Å². The van der Waals surface area contributed by atoms with Crippen molar-refractivity contribution in [2.75, 3.05) is 6.61 Å². The molecule has 1 saturated heterocycles. The van der Waals surface area contributed by atoms with Gasteiger partial charge in [-0.15, -0.1) is 0 Å². The molecule has 2 fully saturated rings. The van der Waals surface area contributed by atoms with Crippen LogP contribution in [0, 0.1) is 0 Å². The zero-order valence-electron chi connectivity index (χ0n) is 16.3. The van der Waals surface area contributed by atoms with Gasteiger partial charge >= 0.3 is 0 Å². The number of benzene rings is 2. The highest BCUT2D eigenvalue weighted by atomic mass is 16.5. The summed E-state index contributed by atoms with van der Waals surface area (Å²) in [7, 11) is 0. The minimum atomic E-state index is -1.84. The third kappa shape index (κ3) is 3.36. The molecular formula is C24H29NO3. The van der Waals surface area contributed by atoms with Crippen molar-refractivity contribution in [2.24, 2.45) is 5.73 Å². The average Bonchev–Trinajstić information content (AvgIpc) is 3.28. The van der Waals surface area contributed by atoms with Gasteiger partial charge in [-0.05, 0) is 54.7 Å². The van der Waals surface area contributed by atoms with E-state index in [1.807, 2.05) is 30.3 Å². The van der Waals surface area contributed by atoms with Crippen molar-refractivity contribution in [3.63, 3.8) is 0 Å². The van der Waals surface area contributed by atoms with E-state index in [-0.39, 0.29) is 6.10 Å². The van der Waals surface area contributed by atoms with E-state index in [1.165, 1.54) is 12.8 Å². The summed E-state index contributed by atoms with van der Waals surface area (Å²) in [6.45, 7) is 0.762. The summed E-state index contributed by atoms with van der Waals surface area (Å²) in [6, 6.07) is 15.0. The topological polar surface area (TPSA) is 72.6 Å². The molecule has 1 aliphatic heterocycles. The molecule has 2 atom stereocenters. The summed E-state index contributed by atoms with van der Waals surface area (Å²) in [5, 5.41) is 11.7. The van der Waals surface area contributed by atoms with Crippen molar-refractivity contribution in [2.45, 2.75) is 62.6 Å². The van der Waals surface area contributed by atoms with Crippen LogP contribution in [0.3, 0.4) is 0 Å². The van der Waals surface area contributed by atoms with Crippen LogP contribution in [-0.4, -0.2) is 17.6 Å². The predicted octanol–water partition coefficient (Wildman–Crippen LogP) is 4.31. The third-order valence-corrected chi connectivity index (χ3v) is 6.37. The van der Waals surface area contributed by atoms with E-state index in [0.717, 1.165) is 49.8 Å². The van der Waals surface area contributed by atoms with Crippen molar-refractivity contribution in [3.05, 3.63) is 70.8 Å². The number of hydrogen-bond acceptors (Lipinski definition) is 3. The number of hydrogen-bond donors (Lipinski definition) is 2. The van der Waals surface area contributed by atoms with E-state index in [0.29, 0.717) is 17.0 Å². The molecule has 0 spiro atoms. The Hall–Kier alpha value is -2.17. The molecule has 2 aromatic rings. The smallest absolute Gasteiger partial charge is 0.258 e. The first kappa shape index (κ1) is 19.2. The summed E-state index contributed by atoms with van der Waals surface area (Å²) < 4.78 is 6.10. The van der Waals surface area contributed by atoms with Crippen LogP contribution < -0.4 is 5.73 Å². The lowest BCUT2D eigenvalue weighted by Crippen LogP contribution is -2.43. The SMILES string of the molecule is NC(=O)C(O)(c1ccccc1)c1cccc(C2CCCCO2)c1C1CCCC1. The van der Waals surface area contributed by atoms with Crippen LogP contribution in [0.25, 0.3) is 0 Å². The molecule has 0 radical (unpaired) electrons. The van der Waals surface area contributed by atoms with E-state index in [2.05, 4.69) is 6.07 Å². The number of ether oxygens (including phenoxy) is 1. The third-order valence-electron chi connectivity index (χ3n) is 6.37.